The highest BCUT2D eigenvalue weighted by Gasteiger charge is 2.24. The second kappa shape index (κ2) is 5.47. The lowest BCUT2D eigenvalue weighted by Gasteiger charge is -2.25. The quantitative estimate of drug-likeness (QED) is 0.757. The molecule has 15 heavy (non-hydrogen) atoms. The molecular weight excluding hydrogens is 192 g/mol. The van der Waals surface area contributed by atoms with Gasteiger partial charge in [0, 0.05) is 12.6 Å². The van der Waals surface area contributed by atoms with Crippen molar-refractivity contribution >= 4 is 5.97 Å². The van der Waals surface area contributed by atoms with E-state index in [1.807, 2.05) is 0 Å². The average molecular weight is 214 g/mol. The largest absolute Gasteiger partial charge is 0.480 e. The zero-order valence-electron chi connectivity index (χ0n) is 9.94. The van der Waals surface area contributed by atoms with Crippen LogP contribution in [-0.2, 0) is 4.79 Å². The van der Waals surface area contributed by atoms with E-state index < -0.39 is 5.97 Å². The molecule has 1 saturated heterocycles. The summed E-state index contributed by atoms with van der Waals surface area (Å²) in [5.41, 5.74) is 0. The first-order valence-electron chi connectivity index (χ1n) is 5.65. The molecule has 0 radical (unpaired) electrons. The van der Waals surface area contributed by atoms with Crippen molar-refractivity contribution in [2.24, 2.45) is 0 Å². The highest BCUT2D eigenvalue weighted by molar-refractivity contribution is 5.72. The highest BCUT2D eigenvalue weighted by Crippen LogP contribution is 2.16. The third-order valence-electron chi connectivity index (χ3n) is 3.37. The smallest absolute Gasteiger partial charge is 0.320 e. The number of carbonyl (C=O) groups is 1. The monoisotopic (exact) mass is 214 g/mol. The maximum Gasteiger partial charge on any atom is 0.320 e. The van der Waals surface area contributed by atoms with Gasteiger partial charge in [0.15, 0.2) is 0 Å². The van der Waals surface area contributed by atoms with E-state index in [-0.39, 0.29) is 6.04 Å². The van der Waals surface area contributed by atoms with Gasteiger partial charge in [0.25, 0.3) is 0 Å². The Balaban J connectivity index is 2.49. The number of aliphatic carboxylic acids is 1. The second-order valence-corrected chi connectivity index (χ2v) is 4.60. The molecule has 0 bridgehead atoms. The van der Waals surface area contributed by atoms with Crippen LogP contribution in [0.15, 0.2) is 0 Å². The molecular formula is C11H22N2O2. The number of rotatable bonds is 3. The number of carboxylic acid groups (broad SMARTS) is 1. The SMILES string of the molecule is CC(C(=O)O)N1CCCC(N(C)C)CC1. The van der Waals surface area contributed by atoms with E-state index in [1.54, 1.807) is 6.92 Å². The van der Waals surface area contributed by atoms with Crippen molar-refractivity contribution in [2.45, 2.75) is 38.3 Å². The normalized spacial score (nSPS) is 26.3. The lowest BCUT2D eigenvalue weighted by atomic mass is 10.1. The Labute approximate surface area is 91.9 Å². The number of likely N-dealkylation sites (tertiary alicyclic amines) is 1. The van der Waals surface area contributed by atoms with Crippen molar-refractivity contribution in [1.29, 1.82) is 0 Å². The summed E-state index contributed by atoms with van der Waals surface area (Å²) < 4.78 is 0. The van der Waals surface area contributed by atoms with Crippen LogP contribution in [0.3, 0.4) is 0 Å². The molecule has 88 valence electrons. The van der Waals surface area contributed by atoms with Gasteiger partial charge in [-0.3, -0.25) is 9.69 Å². The fraction of sp³-hybridized carbons (Fsp3) is 0.909. The van der Waals surface area contributed by atoms with Gasteiger partial charge in [-0.1, -0.05) is 0 Å². The predicted octanol–water partition coefficient (Wildman–Crippen LogP) is 0.876. The Morgan fingerprint density at radius 3 is 2.60 bits per heavy atom. The summed E-state index contributed by atoms with van der Waals surface area (Å²) >= 11 is 0. The first-order valence-corrected chi connectivity index (χ1v) is 5.65. The van der Waals surface area contributed by atoms with Crippen LogP contribution in [0.2, 0.25) is 0 Å². The molecule has 4 heteroatoms. The predicted molar refractivity (Wildman–Crippen MR) is 60.0 cm³/mol. The summed E-state index contributed by atoms with van der Waals surface area (Å²) in [5.74, 6) is -0.710. The van der Waals surface area contributed by atoms with Gasteiger partial charge < -0.3 is 10.0 Å². The standard InChI is InChI=1S/C11H22N2O2/c1-9(11(14)15)13-7-4-5-10(6-8-13)12(2)3/h9-10H,4-8H2,1-3H3,(H,14,15). The highest BCUT2D eigenvalue weighted by atomic mass is 16.4. The van der Waals surface area contributed by atoms with Gasteiger partial charge in [-0.2, -0.15) is 0 Å². The molecule has 0 aromatic heterocycles. The number of hydrogen-bond acceptors (Lipinski definition) is 3. The van der Waals surface area contributed by atoms with Crippen molar-refractivity contribution in [1.82, 2.24) is 9.80 Å². The maximum absolute atomic E-state index is 10.9. The van der Waals surface area contributed by atoms with Gasteiger partial charge in [0.2, 0.25) is 0 Å². The summed E-state index contributed by atoms with van der Waals surface area (Å²) in [5, 5.41) is 8.95. The van der Waals surface area contributed by atoms with E-state index in [9.17, 15) is 4.79 Å². The molecule has 1 fully saturated rings. The lowest BCUT2D eigenvalue weighted by Crippen LogP contribution is -2.40. The Bertz CT molecular complexity index is 219. The van der Waals surface area contributed by atoms with Crippen LogP contribution in [0.5, 0.6) is 0 Å². The van der Waals surface area contributed by atoms with Crippen LogP contribution in [0.1, 0.15) is 26.2 Å². The van der Waals surface area contributed by atoms with E-state index >= 15 is 0 Å². The molecule has 1 rings (SSSR count). The van der Waals surface area contributed by atoms with E-state index in [4.69, 9.17) is 5.11 Å². The molecule has 1 heterocycles. The average Bonchev–Trinajstić information content (AvgIpc) is 2.41. The van der Waals surface area contributed by atoms with Crippen LogP contribution in [-0.4, -0.2) is 60.1 Å². The summed E-state index contributed by atoms with van der Waals surface area (Å²) in [6.07, 6.45) is 3.35. The van der Waals surface area contributed by atoms with Gasteiger partial charge in [-0.05, 0) is 46.8 Å². The third kappa shape index (κ3) is 3.47. The van der Waals surface area contributed by atoms with Gasteiger partial charge in [0.1, 0.15) is 6.04 Å². The Morgan fingerprint density at radius 1 is 1.40 bits per heavy atom. The summed E-state index contributed by atoms with van der Waals surface area (Å²) in [6, 6.07) is 0.266. The van der Waals surface area contributed by atoms with Crippen molar-refractivity contribution < 1.29 is 9.90 Å². The molecule has 1 aliphatic rings. The maximum atomic E-state index is 10.9. The number of hydrogen-bond donors (Lipinski definition) is 1. The van der Waals surface area contributed by atoms with Crippen molar-refractivity contribution in [3.8, 4) is 0 Å². The molecule has 0 saturated carbocycles. The second-order valence-electron chi connectivity index (χ2n) is 4.60. The van der Waals surface area contributed by atoms with Gasteiger partial charge in [-0.25, -0.2) is 0 Å². The van der Waals surface area contributed by atoms with Crippen LogP contribution in [0.25, 0.3) is 0 Å². The fourth-order valence-electron chi connectivity index (χ4n) is 2.16. The van der Waals surface area contributed by atoms with Gasteiger partial charge in [-0.15, -0.1) is 0 Å². The molecule has 2 atom stereocenters. The summed E-state index contributed by atoms with van der Waals surface area (Å²) in [7, 11) is 4.20. The summed E-state index contributed by atoms with van der Waals surface area (Å²) in [6.45, 7) is 3.59. The van der Waals surface area contributed by atoms with E-state index in [2.05, 4.69) is 23.9 Å². The van der Waals surface area contributed by atoms with Crippen molar-refractivity contribution in [3.05, 3.63) is 0 Å². The van der Waals surface area contributed by atoms with Crippen LogP contribution in [0, 0.1) is 0 Å². The van der Waals surface area contributed by atoms with E-state index in [1.165, 1.54) is 6.42 Å². The minimum absolute atomic E-state index is 0.342. The molecule has 0 aromatic rings. The lowest BCUT2D eigenvalue weighted by molar-refractivity contribution is -0.142. The first kappa shape index (κ1) is 12.5. The van der Waals surface area contributed by atoms with Crippen molar-refractivity contribution in [3.63, 3.8) is 0 Å². The molecule has 2 unspecified atom stereocenters. The molecule has 1 N–H and O–H groups in total. The Hall–Kier alpha value is -0.610. The zero-order valence-corrected chi connectivity index (χ0v) is 9.94. The van der Waals surface area contributed by atoms with Gasteiger partial charge >= 0.3 is 5.97 Å². The Morgan fingerprint density at radius 2 is 2.07 bits per heavy atom. The molecule has 0 amide bonds. The van der Waals surface area contributed by atoms with Crippen molar-refractivity contribution in [2.75, 3.05) is 27.2 Å². The van der Waals surface area contributed by atoms with Gasteiger partial charge in [0.05, 0.1) is 0 Å². The minimum Gasteiger partial charge on any atom is -0.480 e. The van der Waals surface area contributed by atoms with E-state index in [0.717, 1.165) is 25.9 Å². The minimum atomic E-state index is -0.710. The topological polar surface area (TPSA) is 43.8 Å². The number of nitrogens with zero attached hydrogens (tertiary/aromatic N) is 2. The van der Waals surface area contributed by atoms with E-state index in [0.29, 0.717) is 6.04 Å². The molecule has 0 aromatic carbocycles. The third-order valence-corrected chi connectivity index (χ3v) is 3.37. The molecule has 4 nitrogen and oxygen atoms in total. The van der Waals surface area contributed by atoms with Crippen LogP contribution < -0.4 is 0 Å². The van der Waals surface area contributed by atoms with Crippen LogP contribution in [0.4, 0.5) is 0 Å². The number of carboxylic acids is 1. The first-order chi connectivity index (χ1) is 7.02. The molecule has 0 aliphatic carbocycles. The zero-order chi connectivity index (χ0) is 11.4. The Kier molecular flexibility index (Phi) is 4.54. The summed E-state index contributed by atoms with van der Waals surface area (Å²) in [4.78, 5) is 15.2. The molecule has 0 spiro atoms. The fourth-order valence-corrected chi connectivity index (χ4v) is 2.16. The molecule has 1 aliphatic heterocycles. The van der Waals surface area contributed by atoms with Crippen LogP contribution >= 0.6 is 0 Å².